The molecule has 0 aliphatic rings. The summed E-state index contributed by atoms with van der Waals surface area (Å²) in [4.78, 5) is 23.6. The van der Waals surface area contributed by atoms with E-state index in [2.05, 4.69) is 10.5 Å². The number of carbonyl (C=O) groups excluding carboxylic acids is 1. The summed E-state index contributed by atoms with van der Waals surface area (Å²) < 4.78 is 7.43. The van der Waals surface area contributed by atoms with Crippen molar-refractivity contribution >= 4 is 39.5 Å². The van der Waals surface area contributed by atoms with Gasteiger partial charge in [-0.2, -0.15) is 5.10 Å². The highest BCUT2D eigenvalue weighted by Gasteiger charge is 2.14. The maximum Gasteiger partial charge on any atom is 0.275 e. The summed E-state index contributed by atoms with van der Waals surface area (Å²) in [5.41, 5.74) is 5.61. The number of nitrogens with zero attached hydrogens (tertiary/aromatic N) is 3. The molecule has 0 unspecified atom stereocenters. The SMILES string of the molecule is COc1cc2ccccc2cc1C(=O)N/N=C\c1cn(Cc2cccc([N+](=O)[O-])c2)c2ccccc12. The molecule has 1 aromatic heterocycles. The first-order valence-electron chi connectivity index (χ1n) is 11.2. The predicted molar refractivity (Wildman–Crippen MR) is 140 cm³/mol. The van der Waals surface area contributed by atoms with Crippen LogP contribution in [-0.2, 0) is 6.54 Å². The number of amides is 1. The van der Waals surface area contributed by atoms with Gasteiger partial charge in [0, 0.05) is 41.3 Å². The zero-order valence-corrected chi connectivity index (χ0v) is 19.4. The Bertz CT molecular complexity index is 1640. The second-order valence-corrected chi connectivity index (χ2v) is 8.26. The highest BCUT2D eigenvalue weighted by atomic mass is 16.6. The van der Waals surface area contributed by atoms with Crippen molar-refractivity contribution in [2.45, 2.75) is 6.54 Å². The molecule has 36 heavy (non-hydrogen) atoms. The normalized spacial score (nSPS) is 11.2. The van der Waals surface area contributed by atoms with E-state index < -0.39 is 4.92 Å². The molecular weight excluding hydrogens is 456 g/mol. The Morgan fingerprint density at radius 1 is 1.03 bits per heavy atom. The number of fused-ring (bicyclic) bond motifs is 2. The zero-order chi connectivity index (χ0) is 25.1. The predicted octanol–water partition coefficient (Wildman–Crippen LogP) is 5.52. The Kier molecular flexibility index (Phi) is 6.15. The van der Waals surface area contributed by atoms with Gasteiger partial charge in [0.15, 0.2) is 0 Å². The van der Waals surface area contributed by atoms with Gasteiger partial charge in [0.2, 0.25) is 0 Å². The quantitative estimate of drug-likeness (QED) is 0.189. The molecule has 0 fully saturated rings. The van der Waals surface area contributed by atoms with Crippen LogP contribution in [0.4, 0.5) is 5.69 Å². The van der Waals surface area contributed by atoms with Crippen LogP contribution in [0, 0.1) is 10.1 Å². The molecule has 178 valence electrons. The first-order valence-corrected chi connectivity index (χ1v) is 11.2. The van der Waals surface area contributed by atoms with Crippen LogP contribution >= 0.6 is 0 Å². The van der Waals surface area contributed by atoms with Crippen LogP contribution in [0.5, 0.6) is 5.75 Å². The van der Waals surface area contributed by atoms with E-state index in [1.807, 2.05) is 71.4 Å². The van der Waals surface area contributed by atoms with Gasteiger partial charge in [-0.15, -0.1) is 0 Å². The van der Waals surface area contributed by atoms with Crippen LogP contribution in [0.15, 0.2) is 96.2 Å². The van der Waals surface area contributed by atoms with Gasteiger partial charge < -0.3 is 9.30 Å². The molecular formula is C28H22N4O4. The minimum Gasteiger partial charge on any atom is -0.496 e. The number of non-ortho nitro benzene ring substituents is 1. The number of carbonyl (C=O) groups is 1. The summed E-state index contributed by atoms with van der Waals surface area (Å²) in [6.45, 7) is 0.455. The van der Waals surface area contributed by atoms with E-state index >= 15 is 0 Å². The molecule has 8 nitrogen and oxygen atoms in total. The summed E-state index contributed by atoms with van der Waals surface area (Å²) in [7, 11) is 1.53. The van der Waals surface area contributed by atoms with Gasteiger partial charge in [-0.3, -0.25) is 14.9 Å². The molecule has 0 aliphatic carbocycles. The third-order valence-corrected chi connectivity index (χ3v) is 5.98. The van der Waals surface area contributed by atoms with Crippen molar-refractivity contribution in [3.8, 4) is 5.75 Å². The number of benzene rings is 4. The fourth-order valence-corrected chi connectivity index (χ4v) is 4.26. The number of nitrogens with one attached hydrogen (secondary N) is 1. The molecule has 0 aliphatic heterocycles. The molecule has 4 aromatic carbocycles. The van der Waals surface area contributed by atoms with E-state index in [9.17, 15) is 14.9 Å². The van der Waals surface area contributed by atoms with Crippen LogP contribution in [0.1, 0.15) is 21.5 Å². The Morgan fingerprint density at radius 3 is 2.56 bits per heavy atom. The van der Waals surface area contributed by atoms with Crippen LogP contribution in [0.25, 0.3) is 21.7 Å². The average Bonchev–Trinajstić information content (AvgIpc) is 3.25. The molecule has 0 saturated heterocycles. The Morgan fingerprint density at radius 2 is 1.78 bits per heavy atom. The lowest BCUT2D eigenvalue weighted by Crippen LogP contribution is -2.18. The molecule has 1 heterocycles. The summed E-state index contributed by atoms with van der Waals surface area (Å²) in [6, 6.07) is 25.7. The van der Waals surface area contributed by atoms with Gasteiger partial charge in [0.1, 0.15) is 5.75 Å². The number of rotatable bonds is 7. The standard InChI is InChI=1S/C28H22N4O4/c1-36-27-15-21-9-3-2-8-20(21)14-25(27)28(33)30-29-16-22-18-31(26-12-5-4-11-24(22)26)17-19-7-6-10-23(13-19)32(34)35/h2-16,18H,17H2,1H3,(H,30,33)/b29-16-. The first-order chi connectivity index (χ1) is 17.5. The highest BCUT2D eigenvalue weighted by molar-refractivity contribution is 6.03. The average molecular weight is 479 g/mol. The molecule has 1 amide bonds. The fraction of sp³-hybridized carbons (Fsp3) is 0.0714. The zero-order valence-electron chi connectivity index (χ0n) is 19.4. The third kappa shape index (κ3) is 4.52. The Balaban J connectivity index is 1.40. The summed E-state index contributed by atoms with van der Waals surface area (Å²) in [5.74, 6) is 0.0872. The van der Waals surface area contributed by atoms with Crippen LogP contribution in [-0.4, -0.2) is 28.7 Å². The minimum absolute atomic E-state index is 0.0533. The number of aromatic nitrogens is 1. The number of methoxy groups -OCH3 is 1. The summed E-state index contributed by atoms with van der Waals surface area (Å²) in [6.07, 6.45) is 3.51. The van der Waals surface area contributed by atoms with Gasteiger partial charge in [-0.25, -0.2) is 5.43 Å². The lowest BCUT2D eigenvalue weighted by Gasteiger charge is -2.09. The van der Waals surface area contributed by atoms with Crippen LogP contribution in [0.2, 0.25) is 0 Å². The minimum atomic E-state index is -0.400. The Labute approximate surface area is 206 Å². The summed E-state index contributed by atoms with van der Waals surface area (Å²) >= 11 is 0. The largest absolute Gasteiger partial charge is 0.496 e. The number of nitro benzene ring substituents is 1. The molecule has 0 spiro atoms. The topological polar surface area (TPSA) is 98.8 Å². The molecule has 0 radical (unpaired) electrons. The smallest absolute Gasteiger partial charge is 0.275 e. The van der Waals surface area contributed by atoms with Crippen molar-refractivity contribution in [2.24, 2.45) is 5.10 Å². The fourth-order valence-electron chi connectivity index (χ4n) is 4.26. The van der Waals surface area contributed by atoms with Gasteiger partial charge >= 0.3 is 0 Å². The van der Waals surface area contributed by atoms with E-state index in [1.165, 1.54) is 13.2 Å². The molecule has 0 bridgehead atoms. The Hall–Kier alpha value is -4.98. The van der Waals surface area contributed by atoms with Crippen LogP contribution < -0.4 is 10.2 Å². The van der Waals surface area contributed by atoms with Crippen molar-refractivity contribution in [3.05, 3.63) is 118 Å². The molecule has 1 N–H and O–H groups in total. The van der Waals surface area contributed by atoms with Gasteiger partial charge in [0.05, 0.1) is 23.8 Å². The molecule has 5 aromatic rings. The maximum absolute atomic E-state index is 12.9. The number of hydrogen-bond acceptors (Lipinski definition) is 5. The molecule has 0 atom stereocenters. The van der Waals surface area contributed by atoms with Gasteiger partial charge in [-0.05, 0) is 34.5 Å². The van der Waals surface area contributed by atoms with E-state index in [1.54, 1.807) is 24.4 Å². The summed E-state index contributed by atoms with van der Waals surface area (Å²) in [5, 5.41) is 18.2. The van der Waals surface area contributed by atoms with Crippen molar-refractivity contribution < 1.29 is 14.5 Å². The second kappa shape index (κ2) is 9.71. The van der Waals surface area contributed by atoms with Gasteiger partial charge in [0.25, 0.3) is 11.6 Å². The van der Waals surface area contributed by atoms with E-state index in [4.69, 9.17) is 4.74 Å². The van der Waals surface area contributed by atoms with E-state index in [-0.39, 0.29) is 11.6 Å². The number of hydrazone groups is 1. The third-order valence-electron chi connectivity index (χ3n) is 5.98. The first kappa shape index (κ1) is 22.8. The van der Waals surface area contributed by atoms with Crippen molar-refractivity contribution in [2.75, 3.05) is 7.11 Å². The molecule has 0 saturated carbocycles. The number of ether oxygens (including phenoxy) is 1. The lowest BCUT2D eigenvalue weighted by atomic mass is 10.1. The van der Waals surface area contributed by atoms with Crippen molar-refractivity contribution in [1.29, 1.82) is 0 Å². The van der Waals surface area contributed by atoms with Crippen molar-refractivity contribution in [3.63, 3.8) is 0 Å². The number of nitro groups is 1. The molecule has 5 rings (SSSR count). The monoisotopic (exact) mass is 478 g/mol. The van der Waals surface area contributed by atoms with E-state index in [0.717, 1.165) is 32.8 Å². The van der Waals surface area contributed by atoms with Crippen LogP contribution in [0.3, 0.4) is 0 Å². The molecule has 8 heteroatoms. The van der Waals surface area contributed by atoms with E-state index in [0.29, 0.717) is 17.9 Å². The second-order valence-electron chi connectivity index (χ2n) is 8.26. The highest BCUT2D eigenvalue weighted by Crippen LogP contribution is 2.26. The van der Waals surface area contributed by atoms with Crippen molar-refractivity contribution in [1.82, 2.24) is 9.99 Å². The van der Waals surface area contributed by atoms with Gasteiger partial charge in [-0.1, -0.05) is 54.6 Å². The number of hydrogen-bond donors (Lipinski definition) is 1. The number of para-hydroxylation sites is 1. The maximum atomic E-state index is 12.9. The lowest BCUT2D eigenvalue weighted by molar-refractivity contribution is -0.384.